The molecule has 0 aliphatic carbocycles. The van der Waals surface area contributed by atoms with Gasteiger partial charge in [0.05, 0.1) is 19.2 Å². The molecule has 1 spiro atoms. The van der Waals surface area contributed by atoms with Gasteiger partial charge in [-0.15, -0.1) is 0 Å². The first-order chi connectivity index (χ1) is 14.1. The molecule has 2 amide bonds. The second-order valence-electron chi connectivity index (χ2n) is 7.41. The zero-order chi connectivity index (χ0) is 20.3. The second kappa shape index (κ2) is 8.13. The van der Waals surface area contributed by atoms with Crippen LogP contribution in [0.15, 0.2) is 48.5 Å². The smallest absolute Gasteiger partial charge is 0.258 e. The Morgan fingerprint density at radius 3 is 2.69 bits per heavy atom. The van der Waals surface area contributed by atoms with Gasteiger partial charge in [-0.3, -0.25) is 14.5 Å². The van der Waals surface area contributed by atoms with Gasteiger partial charge in [-0.1, -0.05) is 30.3 Å². The van der Waals surface area contributed by atoms with Crippen LogP contribution >= 0.6 is 0 Å². The number of hydrogen-bond donors (Lipinski definition) is 2. The van der Waals surface area contributed by atoms with E-state index in [1.54, 1.807) is 13.2 Å². The van der Waals surface area contributed by atoms with Crippen LogP contribution in [0.25, 0.3) is 0 Å². The normalized spacial score (nSPS) is 17.8. The van der Waals surface area contributed by atoms with Crippen LogP contribution in [0.2, 0.25) is 0 Å². The molecule has 0 bridgehead atoms. The summed E-state index contributed by atoms with van der Waals surface area (Å²) in [4.78, 5) is 26.9. The summed E-state index contributed by atoms with van der Waals surface area (Å²) in [5, 5.41) is 5.97. The molecule has 2 N–H and O–H groups in total. The molecule has 2 aliphatic heterocycles. The molecule has 0 aromatic heterocycles. The van der Waals surface area contributed by atoms with Crippen molar-refractivity contribution in [2.75, 3.05) is 26.7 Å². The number of methoxy groups -OCH3 is 1. The summed E-state index contributed by atoms with van der Waals surface area (Å²) in [6.07, 6.45) is 1.26. The largest absolute Gasteiger partial charge is 0.496 e. The summed E-state index contributed by atoms with van der Waals surface area (Å²) in [6, 6.07) is 14.9. The number of piperidine rings is 1. The van der Waals surface area contributed by atoms with Crippen LogP contribution in [-0.2, 0) is 11.3 Å². The lowest BCUT2D eigenvalue weighted by molar-refractivity contribution is -0.123. The molecule has 152 valence electrons. The van der Waals surface area contributed by atoms with Crippen molar-refractivity contribution in [3.05, 3.63) is 59.7 Å². The predicted octanol–water partition coefficient (Wildman–Crippen LogP) is 1.93. The molecular formula is C22H25N3O4. The zero-order valence-electron chi connectivity index (χ0n) is 16.4. The third kappa shape index (κ3) is 4.19. The Balaban J connectivity index is 1.29. The molecule has 0 radical (unpaired) electrons. The number of fused-ring (bicyclic) bond motifs is 1. The molecule has 4 rings (SSSR count). The molecule has 2 heterocycles. The van der Waals surface area contributed by atoms with Crippen LogP contribution in [0.5, 0.6) is 11.5 Å². The van der Waals surface area contributed by atoms with Crippen molar-refractivity contribution in [3.8, 4) is 11.5 Å². The number of para-hydroxylation sites is 2. The number of nitrogens with one attached hydrogen (secondary N) is 2. The number of hydrogen-bond acceptors (Lipinski definition) is 5. The number of likely N-dealkylation sites (tertiary alicyclic amines) is 1. The van der Waals surface area contributed by atoms with Crippen molar-refractivity contribution in [1.29, 1.82) is 0 Å². The molecule has 2 aliphatic rings. The highest BCUT2D eigenvalue weighted by molar-refractivity contribution is 5.98. The van der Waals surface area contributed by atoms with E-state index in [0.29, 0.717) is 50.3 Å². The van der Waals surface area contributed by atoms with Gasteiger partial charge >= 0.3 is 0 Å². The van der Waals surface area contributed by atoms with Gasteiger partial charge in [0.1, 0.15) is 11.5 Å². The number of nitrogens with zero attached hydrogens (tertiary/aromatic N) is 1. The molecule has 0 saturated carbocycles. The summed E-state index contributed by atoms with van der Waals surface area (Å²) < 4.78 is 11.5. The van der Waals surface area contributed by atoms with Gasteiger partial charge in [-0.2, -0.15) is 0 Å². The molecule has 1 fully saturated rings. The first-order valence-electron chi connectivity index (χ1n) is 9.80. The third-order valence-corrected chi connectivity index (χ3v) is 5.48. The Labute approximate surface area is 170 Å². The number of benzene rings is 2. The van der Waals surface area contributed by atoms with Crippen LogP contribution in [-0.4, -0.2) is 49.2 Å². The Bertz CT molecular complexity index is 906. The highest BCUT2D eigenvalue weighted by Crippen LogP contribution is 2.33. The van der Waals surface area contributed by atoms with Crippen LogP contribution in [0, 0.1) is 0 Å². The Morgan fingerprint density at radius 1 is 1.17 bits per heavy atom. The number of amides is 2. The molecule has 7 nitrogen and oxygen atoms in total. The van der Waals surface area contributed by atoms with E-state index < -0.39 is 5.72 Å². The van der Waals surface area contributed by atoms with Crippen molar-refractivity contribution < 1.29 is 19.1 Å². The van der Waals surface area contributed by atoms with Crippen LogP contribution in [0.3, 0.4) is 0 Å². The predicted molar refractivity (Wildman–Crippen MR) is 108 cm³/mol. The topological polar surface area (TPSA) is 79.9 Å². The van der Waals surface area contributed by atoms with Gasteiger partial charge in [0.25, 0.3) is 5.91 Å². The van der Waals surface area contributed by atoms with Crippen LogP contribution in [0.1, 0.15) is 28.8 Å². The number of carbonyl (C=O) groups excluding carboxylic acids is 2. The molecule has 0 unspecified atom stereocenters. The van der Waals surface area contributed by atoms with E-state index in [0.717, 1.165) is 11.3 Å². The van der Waals surface area contributed by atoms with E-state index in [1.807, 2.05) is 42.5 Å². The van der Waals surface area contributed by atoms with E-state index in [4.69, 9.17) is 9.47 Å². The van der Waals surface area contributed by atoms with E-state index in [2.05, 4.69) is 15.5 Å². The first-order valence-corrected chi connectivity index (χ1v) is 9.80. The van der Waals surface area contributed by atoms with Gasteiger partial charge in [-0.25, -0.2) is 0 Å². The molecular weight excluding hydrogens is 370 g/mol. The zero-order valence-corrected chi connectivity index (χ0v) is 16.4. The molecule has 7 heteroatoms. The number of ether oxygens (including phenoxy) is 2. The summed E-state index contributed by atoms with van der Waals surface area (Å²) in [5.41, 5.74) is 0.824. The summed E-state index contributed by atoms with van der Waals surface area (Å²) in [6.45, 7) is 2.08. The minimum atomic E-state index is -0.685. The second-order valence-corrected chi connectivity index (χ2v) is 7.41. The lowest BCUT2D eigenvalue weighted by Crippen LogP contribution is -2.61. The maximum absolute atomic E-state index is 12.4. The van der Waals surface area contributed by atoms with Crippen molar-refractivity contribution in [1.82, 2.24) is 15.5 Å². The molecule has 2 aromatic carbocycles. The highest BCUT2D eigenvalue weighted by atomic mass is 16.5. The Kier molecular flexibility index (Phi) is 5.40. The number of carbonyl (C=O) groups is 2. The summed E-state index contributed by atoms with van der Waals surface area (Å²) in [5.74, 6) is 1.25. The van der Waals surface area contributed by atoms with Crippen molar-refractivity contribution in [2.45, 2.75) is 25.1 Å². The van der Waals surface area contributed by atoms with Gasteiger partial charge in [0.2, 0.25) is 5.91 Å². The van der Waals surface area contributed by atoms with Crippen molar-refractivity contribution in [2.24, 2.45) is 0 Å². The fraction of sp³-hybridized carbons (Fsp3) is 0.364. The molecule has 2 aromatic rings. The highest BCUT2D eigenvalue weighted by Gasteiger charge is 2.42. The number of rotatable bonds is 5. The summed E-state index contributed by atoms with van der Waals surface area (Å²) >= 11 is 0. The third-order valence-electron chi connectivity index (χ3n) is 5.48. The summed E-state index contributed by atoms with van der Waals surface area (Å²) in [7, 11) is 1.62. The van der Waals surface area contributed by atoms with Crippen molar-refractivity contribution >= 4 is 11.8 Å². The maximum atomic E-state index is 12.4. The van der Waals surface area contributed by atoms with E-state index in [-0.39, 0.29) is 11.8 Å². The van der Waals surface area contributed by atoms with Gasteiger partial charge < -0.3 is 20.1 Å². The fourth-order valence-corrected chi connectivity index (χ4v) is 3.85. The standard InChI is InChI=1S/C22H25N3O4/c1-28-18-8-4-2-6-16(18)14-23-20(26)15-25-12-10-22(11-13-25)24-21(27)17-7-3-5-9-19(17)29-22/h2-9H,10-15H2,1H3,(H,23,26)(H,24,27). The van der Waals surface area contributed by atoms with Crippen molar-refractivity contribution in [3.63, 3.8) is 0 Å². The quantitative estimate of drug-likeness (QED) is 0.809. The Hall–Kier alpha value is -3.06. The molecule has 29 heavy (non-hydrogen) atoms. The first kappa shape index (κ1) is 19.3. The minimum Gasteiger partial charge on any atom is -0.496 e. The lowest BCUT2D eigenvalue weighted by atomic mass is 9.97. The van der Waals surface area contributed by atoms with Gasteiger partial charge in [-0.05, 0) is 18.2 Å². The van der Waals surface area contributed by atoms with Crippen LogP contribution < -0.4 is 20.1 Å². The van der Waals surface area contributed by atoms with Gasteiger partial charge in [0.15, 0.2) is 5.72 Å². The van der Waals surface area contributed by atoms with Crippen LogP contribution in [0.4, 0.5) is 0 Å². The Morgan fingerprint density at radius 2 is 1.90 bits per heavy atom. The fourth-order valence-electron chi connectivity index (χ4n) is 3.85. The molecule has 1 saturated heterocycles. The average molecular weight is 395 g/mol. The van der Waals surface area contributed by atoms with Gasteiger partial charge in [0, 0.05) is 38.0 Å². The average Bonchev–Trinajstić information content (AvgIpc) is 2.74. The lowest BCUT2D eigenvalue weighted by Gasteiger charge is -2.44. The minimum absolute atomic E-state index is 0.0363. The van der Waals surface area contributed by atoms with E-state index in [9.17, 15) is 9.59 Å². The maximum Gasteiger partial charge on any atom is 0.258 e. The van der Waals surface area contributed by atoms with E-state index >= 15 is 0 Å². The monoisotopic (exact) mass is 395 g/mol. The van der Waals surface area contributed by atoms with E-state index in [1.165, 1.54) is 0 Å². The SMILES string of the molecule is COc1ccccc1CNC(=O)CN1CCC2(CC1)NC(=O)c1ccccc1O2. The molecule has 0 atom stereocenters.